The van der Waals surface area contributed by atoms with E-state index in [0.29, 0.717) is 13.2 Å². The largest absolute Gasteiger partial charge is 0.487 e. The maximum atomic E-state index is 12.5. The van der Waals surface area contributed by atoms with Crippen LogP contribution >= 0.6 is 45.2 Å². The lowest BCUT2D eigenvalue weighted by atomic mass is 10.1. The number of ether oxygens (including phenoxy) is 3. The summed E-state index contributed by atoms with van der Waals surface area (Å²) >= 11 is 4.39. The summed E-state index contributed by atoms with van der Waals surface area (Å²) in [6.45, 7) is 0.975. The van der Waals surface area contributed by atoms with Crippen molar-refractivity contribution >= 4 is 57.2 Å². The van der Waals surface area contributed by atoms with Crippen LogP contribution in [0, 0.1) is 18.5 Å². The van der Waals surface area contributed by atoms with Gasteiger partial charge in [0, 0.05) is 6.54 Å². The summed E-state index contributed by atoms with van der Waals surface area (Å²) < 4.78 is 18.6. The summed E-state index contributed by atoms with van der Waals surface area (Å²) in [7, 11) is 0. The average Bonchev–Trinajstić information content (AvgIpc) is 3.29. The van der Waals surface area contributed by atoms with Crippen molar-refractivity contribution in [2.45, 2.75) is 13.2 Å². The minimum atomic E-state index is -0.408. The first kappa shape index (κ1) is 23.4. The van der Waals surface area contributed by atoms with Crippen LogP contribution in [0.1, 0.15) is 16.7 Å². The van der Waals surface area contributed by atoms with Crippen LogP contribution in [0.5, 0.6) is 17.2 Å². The van der Waals surface area contributed by atoms with E-state index in [4.69, 9.17) is 14.2 Å². The summed E-state index contributed by atoms with van der Waals surface area (Å²) in [5.41, 5.74) is 2.74. The molecule has 0 aliphatic carbocycles. The van der Waals surface area contributed by atoms with E-state index in [-0.39, 0.29) is 12.4 Å². The third kappa shape index (κ3) is 5.97. The lowest BCUT2D eigenvalue weighted by molar-refractivity contribution is -0.117. The number of hydrogen-bond donors (Lipinski definition) is 1. The Labute approximate surface area is 218 Å². The monoisotopic (exact) mass is 664 g/mol. The summed E-state index contributed by atoms with van der Waals surface area (Å²) in [4.78, 5) is 12.5. The molecule has 0 bridgehead atoms. The number of carbonyl (C=O) groups is 1. The SMILES string of the molecule is N#C/C(=C/c1cc(I)c(OCc2ccc3c(c2)OCO3)c(I)c1)C(=O)NCc1ccccc1. The van der Waals surface area contributed by atoms with Gasteiger partial charge >= 0.3 is 0 Å². The molecular formula is C25H18I2N2O4. The molecule has 0 saturated carbocycles. The molecule has 1 heterocycles. The lowest BCUT2D eigenvalue weighted by Crippen LogP contribution is -2.23. The third-order valence-electron chi connectivity index (χ3n) is 4.81. The normalized spacial score (nSPS) is 12.2. The highest BCUT2D eigenvalue weighted by atomic mass is 127. The molecule has 3 aromatic rings. The van der Waals surface area contributed by atoms with Crippen molar-refractivity contribution in [2.75, 3.05) is 6.79 Å². The minimum absolute atomic E-state index is 0.0477. The Morgan fingerprint density at radius 3 is 2.48 bits per heavy atom. The van der Waals surface area contributed by atoms with Crippen molar-refractivity contribution in [1.82, 2.24) is 5.32 Å². The molecule has 8 heteroatoms. The summed E-state index contributed by atoms with van der Waals surface area (Å²) in [6, 6.07) is 21.1. The Morgan fingerprint density at radius 1 is 1.03 bits per heavy atom. The van der Waals surface area contributed by atoms with E-state index in [1.54, 1.807) is 6.08 Å². The average molecular weight is 664 g/mol. The van der Waals surface area contributed by atoms with Crippen molar-refractivity contribution in [3.05, 3.63) is 90.1 Å². The van der Waals surface area contributed by atoms with Crippen LogP contribution in [-0.4, -0.2) is 12.7 Å². The quantitative estimate of drug-likeness (QED) is 0.207. The molecule has 4 rings (SSSR count). The van der Waals surface area contributed by atoms with Gasteiger partial charge < -0.3 is 19.5 Å². The van der Waals surface area contributed by atoms with Gasteiger partial charge in [0.2, 0.25) is 6.79 Å². The molecule has 0 saturated heterocycles. The maximum absolute atomic E-state index is 12.5. The van der Waals surface area contributed by atoms with Crippen molar-refractivity contribution in [3.63, 3.8) is 0 Å². The van der Waals surface area contributed by atoms with Gasteiger partial charge in [-0.1, -0.05) is 36.4 Å². The van der Waals surface area contributed by atoms with Gasteiger partial charge in [-0.3, -0.25) is 4.79 Å². The summed E-state index contributed by atoms with van der Waals surface area (Å²) in [6.07, 6.45) is 1.59. The molecule has 0 radical (unpaired) electrons. The first-order valence-electron chi connectivity index (χ1n) is 9.98. The van der Waals surface area contributed by atoms with Gasteiger partial charge in [-0.15, -0.1) is 0 Å². The molecule has 3 aromatic carbocycles. The lowest BCUT2D eigenvalue weighted by Gasteiger charge is -2.12. The molecule has 166 valence electrons. The standard InChI is InChI=1S/C25H18I2N2O4/c26-20-9-18(8-19(12-28)25(30)29-13-16-4-2-1-3-5-16)10-21(27)24(20)31-14-17-6-7-22-23(11-17)33-15-32-22/h1-11H,13-15H2,(H,29,30)/b19-8-. The molecule has 0 fully saturated rings. The highest BCUT2D eigenvalue weighted by Gasteiger charge is 2.15. The molecule has 0 atom stereocenters. The predicted octanol–water partition coefficient (Wildman–Crippen LogP) is 5.43. The number of nitriles is 1. The van der Waals surface area contributed by atoms with Crippen molar-refractivity contribution in [1.29, 1.82) is 5.26 Å². The molecule has 1 amide bonds. The minimum Gasteiger partial charge on any atom is -0.487 e. The van der Waals surface area contributed by atoms with Gasteiger partial charge in [0.05, 0.1) is 7.14 Å². The van der Waals surface area contributed by atoms with Crippen LogP contribution in [0.4, 0.5) is 0 Å². The van der Waals surface area contributed by atoms with Gasteiger partial charge in [-0.25, -0.2) is 0 Å². The smallest absolute Gasteiger partial charge is 0.262 e. The Hall–Kier alpha value is -2.78. The molecule has 0 aromatic heterocycles. The zero-order chi connectivity index (χ0) is 23.2. The van der Waals surface area contributed by atoms with E-state index >= 15 is 0 Å². The number of nitrogens with zero attached hydrogens (tertiary/aromatic N) is 1. The summed E-state index contributed by atoms with van der Waals surface area (Å²) in [5, 5.41) is 12.3. The second-order valence-corrected chi connectivity index (χ2v) is 9.45. The highest BCUT2D eigenvalue weighted by Crippen LogP contribution is 2.34. The van der Waals surface area contributed by atoms with Gasteiger partial charge in [0.1, 0.15) is 24.0 Å². The van der Waals surface area contributed by atoms with Crippen LogP contribution in [-0.2, 0) is 17.9 Å². The van der Waals surface area contributed by atoms with E-state index in [9.17, 15) is 10.1 Å². The Kier molecular flexibility index (Phi) is 7.72. The van der Waals surface area contributed by atoms with Crippen molar-refractivity contribution in [2.24, 2.45) is 0 Å². The van der Waals surface area contributed by atoms with E-state index in [0.717, 1.165) is 41.1 Å². The molecule has 33 heavy (non-hydrogen) atoms. The molecule has 1 N–H and O–H groups in total. The highest BCUT2D eigenvalue weighted by molar-refractivity contribution is 14.1. The number of amides is 1. The van der Waals surface area contributed by atoms with E-state index in [2.05, 4.69) is 50.5 Å². The number of hydrogen-bond acceptors (Lipinski definition) is 5. The maximum Gasteiger partial charge on any atom is 0.262 e. The number of rotatable bonds is 7. The molecule has 0 spiro atoms. The number of fused-ring (bicyclic) bond motifs is 1. The van der Waals surface area contributed by atoms with Crippen LogP contribution in [0.15, 0.2) is 66.2 Å². The second-order valence-electron chi connectivity index (χ2n) is 7.13. The van der Waals surface area contributed by atoms with Crippen LogP contribution < -0.4 is 19.5 Å². The Balaban J connectivity index is 1.44. The number of carbonyl (C=O) groups excluding carboxylic acids is 1. The van der Waals surface area contributed by atoms with Crippen LogP contribution in [0.3, 0.4) is 0 Å². The fourth-order valence-corrected chi connectivity index (χ4v) is 5.30. The number of benzene rings is 3. The van der Waals surface area contributed by atoms with Crippen LogP contribution in [0.2, 0.25) is 0 Å². The Bertz CT molecular complexity index is 1230. The number of nitrogens with one attached hydrogen (secondary N) is 1. The first-order chi connectivity index (χ1) is 16.0. The zero-order valence-corrected chi connectivity index (χ0v) is 21.6. The van der Waals surface area contributed by atoms with Crippen molar-refractivity contribution < 1.29 is 19.0 Å². The topological polar surface area (TPSA) is 80.6 Å². The first-order valence-corrected chi connectivity index (χ1v) is 12.1. The summed E-state index contributed by atoms with van der Waals surface area (Å²) in [5.74, 6) is 1.79. The van der Waals surface area contributed by atoms with Gasteiger partial charge in [0.25, 0.3) is 5.91 Å². The van der Waals surface area contributed by atoms with E-state index in [1.165, 1.54) is 0 Å². The van der Waals surface area contributed by atoms with Crippen LogP contribution in [0.25, 0.3) is 6.08 Å². The fraction of sp³-hybridized carbons (Fsp3) is 0.120. The molecule has 1 aliphatic rings. The van der Waals surface area contributed by atoms with Gasteiger partial charge in [-0.2, -0.15) is 5.26 Å². The third-order valence-corrected chi connectivity index (χ3v) is 6.42. The van der Waals surface area contributed by atoms with Crippen molar-refractivity contribution in [3.8, 4) is 23.3 Å². The molecular weight excluding hydrogens is 646 g/mol. The van der Waals surface area contributed by atoms with E-state index < -0.39 is 5.91 Å². The second kappa shape index (κ2) is 10.9. The van der Waals surface area contributed by atoms with E-state index in [1.807, 2.05) is 66.7 Å². The predicted molar refractivity (Wildman–Crippen MR) is 141 cm³/mol. The fourth-order valence-electron chi connectivity index (χ4n) is 3.18. The van der Waals surface area contributed by atoms with Gasteiger partial charge in [-0.05, 0) is 92.2 Å². The Morgan fingerprint density at radius 2 is 1.76 bits per heavy atom. The number of halogens is 2. The molecule has 1 aliphatic heterocycles. The molecule has 0 unspecified atom stereocenters. The zero-order valence-electron chi connectivity index (χ0n) is 17.3. The molecule has 6 nitrogen and oxygen atoms in total. The van der Waals surface area contributed by atoms with Gasteiger partial charge in [0.15, 0.2) is 11.5 Å².